The van der Waals surface area contributed by atoms with E-state index < -0.39 is 27.8 Å². The van der Waals surface area contributed by atoms with E-state index in [9.17, 15) is 31.2 Å². The second kappa shape index (κ2) is 13.8. The average Bonchev–Trinajstić information content (AvgIpc) is 2.89. The molecule has 7 nitrogen and oxygen atoms in total. The summed E-state index contributed by atoms with van der Waals surface area (Å²) >= 11 is 3.39. The van der Waals surface area contributed by atoms with Crippen LogP contribution < -0.4 is 9.62 Å². The Morgan fingerprint density at radius 1 is 1.07 bits per heavy atom. The highest BCUT2D eigenvalue weighted by Crippen LogP contribution is 2.32. The molecule has 2 aromatic carbocycles. The molecule has 1 fully saturated rings. The summed E-state index contributed by atoms with van der Waals surface area (Å²) in [5.41, 5.74) is -0.277. The summed E-state index contributed by atoms with van der Waals surface area (Å²) in [5.74, 6) is -0.606. The van der Waals surface area contributed by atoms with Crippen molar-refractivity contribution in [1.82, 2.24) is 10.2 Å². The lowest BCUT2D eigenvalue weighted by molar-refractivity contribution is -0.141. The highest BCUT2D eigenvalue weighted by molar-refractivity contribution is 9.10. The molecule has 0 bridgehead atoms. The number of hydrogen-bond acceptors (Lipinski definition) is 4. The topological polar surface area (TPSA) is 86.8 Å². The number of benzene rings is 2. The van der Waals surface area contributed by atoms with E-state index in [1.807, 2.05) is 24.3 Å². The normalized spacial score (nSPS) is 15.3. The summed E-state index contributed by atoms with van der Waals surface area (Å²) in [7, 11) is -3.92. The van der Waals surface area contributed by atoms with E-state index in [0.717, 1.165) is 70.9 Å². The molecule has 0 heterocycles. The third-order valence-corrected chi connectivity index (χ3v) is 8.72. The number of halogens is 4. The van der Waals surface area contributed by atoms with Gasteiger partial charge >= 0.3 is 6.18 Å². The second-order valence-corrected chi connectivity index (χ2v) is 13.0. The van der Waals surface area contributed by atoms with Gasteiger partial charge in [0.2, 0.25) is 21.8 Å². The molecule has 0 aliphatic heterocycles. The fraction of sp³-hybridized carbons (Fsp3) is 0.500. The van der Waals surface area contributed by atoms with Crippen LogP contribution in [0, 0.1) is 0 Å². The number of hydrogen-bond donors (Lipinski definition) is 1. The molecule has 1 unspecified atom stereocenters. The molecular formula is C28H35BrF3N3O4S. The second-order valence-electron chi connectivity index (χ2n) is 10.2. The van der Waals surface area contributed by atoms with Crippen LogP contribution in [0.1, 0.15) is 63.0 Å². The minimum absolute atomic E-state index is 0.0515. The fourth-order valence-electron chi connectivity index (χ4n) is 4.78. The first-order valence-corrected chi connectivity index (χ1v) is 15.9. The Bertz CT molecular complexity index is 1270. The van der Waals surface area contributed by atoms with Gasteiger partial charge in [-0.25, -0.2) is 8.42 Å². The summed E-state index contributed by atoms with van der Waals surface area (Å²) in [4.78, 5) is 28.0. The van der Waals surface area contributed by atoms with Crippen LogP contribution in [-0.4, -0.2) is 50.0 Å². The van der Waals surface area contributed by atoms with Crippen LogP contribution in [0.25, 0.3) is 0 Å². The van der Waals surface area contributed by atoms with Gasteiger partial charge in [0.05, 0.1) is 17.5 Å². The van der Waals surface area contributed by atoms with Crippen LogP contribution in [0.2, 0.25) is 0 Å². The number of anilines is 1. The zero-order valence-electron chi connectivity index (χ0n) is 22.6. The van der Waals surface area contributed by atoms with Crippen LogP contribution in [0.3, 0.4) is 0 Å². The van der Waals surface area contributed by atoms with Crippen molar-refractivity contribution in [2.24, 2.45) is 0 Å². The van der Waals surface area contributed by atoms with E-state index in [1.165, 1.54) is 11.0 Å². The number of rotatable bonds is 11. The molecule has 1 saturated carbocycles. The summed E-state index contributed by atoms with van der Waals surface area (Å²) in [6.07, 6.45) is 1.27. The summed E-state index contributed by atoms with van der Waals surface area (Å²) in [5, 5.41) is 3.06. The zero-order valence-corrected chi connectivity index (χ0v) is 25.0. The largest absolute Gasteiger partial charge is 0.416 e. The highest BCUT2D eigenvalue weighted by Gasteiger charge is 2.32. The zero-order chi connectivity index (χ0) is 29.5. The molecule has 3 rings (SSSR count). The lowest BCUT2D eigenvalue weighted by Crippen LogP contribution is -2.50. The van der Waals surface area contributed by atoms with Gasteiger partial charge in [0.1, 0.15) is 6.04 Å². The van der Waals surface area contributed by atoms with Gasteiger partial charge < -0.3 is 10.2 Å². The number of nitrogens with zero attached hydrogens (tertiary/aromatic N) is 2. The van der Waals surface area contributed by atoms with Gasteiger partial charge in [0, 0.05) is 30.0 Å². The molecule has 2 aromatic rings. The Morgan fingerprint density at radius 2 is 1.73 bits per heavy atom. The van der Waals surface area contributed by atoms with Crippen molar-refractivity contribution < 1.29 is 31.2 Å². The first kappa shape index (κ1) is 31.9. The van der Waals surface area contributed by atoms with Crippen molar-refractivity contribution in [2.75, 3.05) is 17.1 Å². The van der Waals surface area contributed by atoms with Crippen LogP contribution in [0.4, 0.5) is 18.9 Å². The predicted octanol–water partition coefficient (Wildman–Crippen LogP) is 5.88. The Balaban J connectivity index is 1.74. The van der Waals surface area contributed by atoms with Crippen LogP contribution in [-0.2, 0) is 32.3 Å². The molecule has 40 heavy (non-hydrogen) atoms. The Morgan fingerprint density at radius 3 is 2.33 bits per heavy atom. The molecule has 12 heteroatoms. The Kier molecular flexibility index (Phi) is 11.0. The van der Waals surface area contributed by atoms with E-state index in [0.29, 0.717) is 0 Å². The standard InChI is InChI=1S/C28H35BrF3N3O4S/c1-20(27(37)33-24-9-4-3-5-10-24)34(19-21-13-15-23(29)16-14-21)26(36)12-7-17-35(40(2,38)39)25-11-6-8-22(18-25)28(30,31)32/h6,8,11,13-16,18,20,24H,3-5,7,9-10,12,17,19H2,1-2H3,(H,33,37). The minimum Gasteiger partial charge on any atom is -0.352 e. The molecule has 1 atom stereocenters. The maximum Gasteiger partial charge on any atom is 0.416 e. The van der Waals surface area contributed by atoms with Gasteiger partial charge in [-0.05, 0) is 62.1 Å². The number of alkyl halides is 3. The number of carbonyl (C=O) groups excluding carboxylic acids is 2. The third kappa shape index (κ3) is 9.22. The predicted molar refractivity (Wildman–Crippen MR) is 152 cm³/mol. The van der Waals surface area contributed by atoms with Crippen molar-refractivity contribution in [2.45, 2.75) is 76.7 Å². The lowest BCUT2D eigenvalue weighted by Gasteiger charge is -2.31. The maximum absolute atomic E-state index is 13.4. The molecule has 220 valence electrons. The monoisotopic (exact) mass is 645 g/mol. The van der Waals surface area contributed by atoms with E-state index >= 15 is 0 Å². The number of amides is 2. The van der Waals surface area contributed by atoms with Crippen molar-refractivity contribution in [1.29, 1.82) is 0 Å². The highest BCUT2D eigenvalue weighted by atomic mass is 79.9. The van der Waals surface area contributed by atoms with Crippen molar-refractivity contribution in [3.8, 4) is 0 Å². The van der Waals surface area contributed by atoms with Crippen molar-refractivity contribution >= 4 is 43.5 Å². The van der Waals surface area contributed by atoms with Gasteiger partial charge in [-0.15, -0.1) is 0 Å². The van der Waals surface area contributed by atoms with E-state index in [1.54, 1.807) is 6.92 Å². The molecule has 2 amide bonds. The van der Waals surface area contributed by atoms with Crippen molar-refractivity contribution in [3.05, 3.63) is 64.1 Å². The van der Waals surface area contributed by atoms with Crippen LogP contribution in [0.5, 0.6) is 0 Å². The molecule has 1 aliphatic carbocycles. The molecule has 0 radical (unpaired) electrons. The number of nitrogens with one attached hydrogen (secondary N) is 1. The third-order valence-electron chi connectivity index (χ3n) is 7.00. The maximum atomic E-state index is 13.4. The Labute approximate surface area is 242 Å². The summed E-state index contributed by atoms with van der Waals surface area (Å²) in [6, 6.07) is 10.7. The van der Waals surface area contributed by atoms with E-state index in [2.05, 4.69) is 21.2 Å². The smallest absolute Gasteiger partial charge is 0.352 e. The molecule has 0 spiro atoms. The Hall–Kier alpha value is -2.60. The molecule has 0 saturated heterocycles. The number of carbonyl (C=O) groups is 2. The molecule has 1 aliphatic rings. The van der Waals surface area contributed by atoms with E-state index in [-0.39, 0.29) is 49.5 Å². The first-order valence-electron chi connectivity index (χ1n) is 13.2. The molecule has 1 N–H and O–H groups in total. The van der Waals surface area contributed by atoms with Crippen LogP contribution >= 0.6 is 15.9 Å². The quantitative estimate of drug-likeness (QED) is 0.331. The molecule has 0 aromatic heterocycles. The van der Waals surface area contributed by atoms with Gasteiger partial charge in [0.25, 0.3) is 0 Å². The lowest BCUT2D eigenvalue weighted by atomic mass is 9.95. The average molecular weight is 647 g/mol. The summed E-state index contributed by atoms with van der Waals surface area (Å²) in [6.45, 7) is 1.65. The van der Waals surface area contributed by atoms with Gasteiger partial charge in [-0.2, -0.15) is 13.2 Å². The molecular weight excluding hydrogens is 611 g/mol. The number of sulfonamides is 1. The van der Waals surface area contributed by atoms with Gasteiger partial charge in [-0.1, -0.05) is 53.4 Å². The van der Waals surface area contributed by atoms with Crippen molar-refractivity contribution in [3.63, 3.8) is 0 Å². The minimum atomic E-state index is -4.63. The van der Waals surface area contributed by atoms with Gasteiger partial charge in [0.15, 0.2) is 0 Å². The fourth-order valence-corrected chi connectivity index (χ4v) is 6.00. The SMILES string of the molecule is CC(C(=O)NC1CCCCC1)N(Cc1ccc(Br)cc1)C(=O)CCCN(c1cccc(C(F)(F)F)c1)S(C)(=O)=O. The van der Waals surface area contributed by atoms with Crippen LogP contribution in [0.15, 0.2) is 53.0 Å². The van der Waals surface area contributed by atoms with E-state index in [4.69, 9.17) is 0 Å². The summed E-state index contributed by atoms with van der Waals surface area (Å²) < 4.78 is 66.3. The first-order chi connectivity index (χ1) is 18.8. The van der Waals surface area contributed by atoms with Gasteiger partial charge in [-0.3, -0.25) is 13.9 Å².